The molecule has 7 nitrogen and oxygen atoms in total. The van der Waals surface area contributed by atoms with Crippen molar-refractivity contribution in [1.82, 2.24) is 24.6 Å². The van der Waals surface area contributed by atoms with Crippen LogP contribution in [0.1, 0.15) is 34.1 Å². The Kier molecular flexibility index (Phi) is 5.15. The molecule has 0 bridgehead atoms. The van der Waals surface area contributed by atoms with Gasteiger partial charge in [0.2, 0.25) is 5.91 Å². The minimum absolute atomic E-state index is 0.0313. The fraction of sp³-hybridized carbons (Fsp3) is 0.318. The monoisotopic (exact) mass is 409 g/mol. The van der Waals surface area contributed by atoms with Crippen LogP contribution in [0.3, 0.4) is 0 Å². The zero-order valence-corrected chi connectivity index (χ0v) is 17.2. The Morgan fingerprint density at radius 3 is 2.63 bits per heavy atom. The van der Waals surface area contributed by atoms with E-state index in [0.29, 0.717) is 18.7 Å². The second kappa shape index (κ2) is 7.78. The second-order valence-electron chi connectivity index (χ2n) is 7.78. The fourth-order valence-electron chi connectivity index (χ4n) is 4.16. The molecule has 1 aliphatic heterocycles. The third-order valence-corrected chi connectivity index (χ3v) is 5.74. The molecule has 30 heavy (non-hydrogen) atoms. The molecule has 1 saturated heterocycles. The van der Waals surface area contributed by atoms with Crippen LogP contribution in [0.25, 0.3) is 5.69 Å². The van der Waals surface area contributed by atoms with Gasteiger partial charge in [-0.15, -0.1) is 0 Å². The van der Waals surface area contributed by atoms with Gasteiger partial charge in [-0.3, -0.25) is 9.59 Å². The zero-order valence-electron chi connectivity index (χ0n) is 17.2. The van der Waals surface area contributed by atoms with E-state index in [2.05, 4.69) is 10.4 Å². The third kappa shape index (κ3) is 3.60. The highest BCUT2D eigenvalue weighted by Crippen LogP contribution is 2.36. The summed E-state index contributed by atoms with van der Waals surface area (Å²) >= 11 is 0. The molecule has 1 aromatic carbocycles. The van der Waals surface area contributed by atoms with Crippen LogP contribution in [0.5, 0.6) is 0 Å². The van der Waals surface area contributed by atoms with Crippen molar-refractivity contribution in [2.75, 3.05) is 13.6 Å². The van der Waals surface area contributed by atoms with E-state index in [4.69, 9.17) is 0 Å². The van der Waals surface area contributed by atoms with E-state index >= 15 is 0 Å². The van der Waals surface area contributed by atoms with Gasteiger partial charge in [-0.2, -0.15) is 5.10 Å². The molecule has 1 N–H and O–H groups in total. The summed E-state index contributed by atoms with van der Waals surface area (Å²) in [4.78, 5) is 26.8. The SMILES string of the molecule is Cc1ccn(C)c1C(=O)NC[C@@H]1CC(=O)N(C)[C@H]1c1cnn(-c2ccc(F)cc2)c1. The molecule has 0 saturated carbocycles. The molecule has 2 atom stereocenters. The minimum Gasteiger partial charge on any atom is -0.350 e. The summed E-state index contributed by atoms with van der Waals surface area (Å²) in [6, 6.07) is 7.76. The average molecular weight is 409 g/mol. The first-order valence-corrected chi connectivity index (χ1v) is 9.81. The number of aryl methyl sites for hydroxylation is 2. The Hall–Kier alpha value is -3.42. The van der Waals surface area contributed by atoms with Crippen LogP contribution in [0.15, 0.2) is 48.9 Å². The molecule has 2 amide bonds. The number of benzene rings is 1. The summed E-state index contributed by atoms with van der Waals surface area (Å²) in [6.45, 7) is 2.28. The minimum atomic E-state index is -0.309. The number of carbonyl (C=O) groups is 2. The number of hydrogen-bond acceptors (Lipinski definition) is 3. The number of nitrogens with zero attached hydrogens (tertiary/aromatic N) is 4. The summed E-state index contributed by atoms with van der Waals surface area (Å²) in [5.41, 5.74) is 3.14. The predicted octanol–water partition coefficient (Wildman–Crippen LogP) is 2.61. The lowest BCUT2D eigenvalue weighted by Gasteiger charge is -2.24. The fourth-order valence-corrected chi connectivity index (χ4v) is 4.16. The molecule has 156 valence electrons. The highest BCUT2D eigenvalue weighted by atomic mass is 19.1. The van der Waals surface area contributed by atoms with Gasteiger partial charge in [-0.05, 0) is 42.8 Å². The van der Waals surface area contributed by atoms with E-state index in [-0.39, 0.29) is 29.6 Å². The Bertz CT molecular complexity index is 1070. The summed E-state index contributed by atoms with van der Waals surface area (Å²) in [6.07, 6.45) is 5.78. The molecule has 3 heterocycles. The number of nitrogens with one attached hydrogen (secondary N) is 1. The van der Waals surface area contributed by atoms with E-state index in [1.807, 2.05) is 32.4 Å². The molecule has 8 heteroatoms. The van der Waals surface area contributed by atoms with Crippen molar-refractivity contribution in [3.8, 4) is 5.69 Å². The van der Waals surface area contributed by atoms with Crippen LogP contribution in [0, 0.1) is 18.7 Å². The summed E-state index contributed by atoms with van der Waals surface area (Å²) in [7, 11) is 3.60. The van der Waals surface area contributed by atoms with Crippen molar-refractivity contribution in [1.29, 1.82) is 0 Å². The number of rotatable bonds is 5. The highest BCUT2D eigenvalue weighted by molar-refractivity contribution is 5.94. The zero-order chi connectivity index (χ0) is 21.4. The normalized spacial score (nSPS) is 18.8. The van der Waals surface area contributed by atoms with Crippen LogP contribution in [-0.2, 0) is 11.8 Å². The molecule has 0 unspecified atom stereocenters. The number of likely N-dealkylation sites (tertiary alicyclic amines) is 1. The van der Waals surface area contributed by atoms with Gasteiger partial charge in [0.05, 0.1) is 17.9 Å². The van der Waals surface area contributed by atoms with E-state index in [1.54, 1.807) is 39.5 Å². The Morgan fingerprint density at radius 2 is 1.97 bits per heavy atom. The lowest BCUT2D eigenvalue weighted by molar-refractivity contribution is -0.127. The number of aromatic nitrogens is 3. The van der Waals surface area contributed by atoms with Gasteiger partial charge in [0.25, 0.3) is 5.91 Å². The topological polar surface area (TPSA) is 72.2 Å². The lowest BCUT2D eigenvalue weighted by atomic mass is 9.95. The molecule has 1 fully saturated rings. The van der Waals surface area contributed by atoms with Crippen molar-refractivity contribution in [3.05, 3.63) is 71.6 Å². The van der Waals surface area contributed by atoms with Gasteiger partial charge in [0, 0.05) is 50.9 Å². The van der Waals surface area contributed by atoms with Crippen LogP contribution in [-0.4, -0.2) is 44.7 Å². The summed E-state index contributed by atoms with van der Waals surface area (Å²) < 4.78 is 16.6. The van der Waals surface area contributed by atoms with Crippen LogP contribution in [0.4, 0.5) is 4.39 Å². The van der Waals surface area contributed by atoms with Gasteiger partial charge in [-0.1, -0.05) is 0 Å². The molecular formula is C22H24FN5O2. The standard InChI is InChI=1S/C22H24FN5O2/c1-14-8-9-26(2)20(14)22(30)24-11-15-10-19(29)27(3)21(15)16-12-25-28(13-16)18-6-4-17(23)5-7-18/h4-9,12-13,15,21H,10-11H2,1-3H3,(H,24,30)/t15-,21+/m0/s1. The van der Waals surface area contributed by atoms with Crippen molar-refractivity contribution in [2.24, 2.45) is 13.0 Å². The molecule has 1 aliphatic rings. The van der Waals surface area contributed by atoms with E-state index < -0.39 is 0 Å². The van der Waals surface area contributed by atoms with E-state index in [0.717, 1.165) is 16.8 Å². The summed E-state index contributed by atoms with van der Waals surface area (Å²) in [5, 5.41) is 7.37. The van der Waals surface area contributed by atoms with Gasteiger partial charge in [-0.25, -0.2) is 9.07 Å². The number of carbonyl (C=O) groups excluding carboxylic acids is 2. The Balaban J connectivity index is 1.52. The maximum absolute atomic E-state index is 13.2. The summed E-state index contributed by atoms with van der Waals surface area (Å²) in [5.74, 6) is -0.499. The molecule has 2 aromatic heterocycles. The maximum atomic E-state index is 13.2. The van der Waals surface area contributed by atoms with Crippen molar-refractivity contribution in [2.45, 2.75) is 19.4 Å². The molecule has 0 radical (unpaired) electrons. The Morgan fingerprint density at radius 1 is 1.23 bits per heavy atom. The predicted molar refractivity (Wildman–Crippen MR) is 110 cm³/mol. The van der Waals surface area contributed by atoms with Gasteiger partial charge in [0.1, 0.15) is 11.5 Å². The first-order chi connectivity index (χ1) is 14.3. The smallest absolute Gasteiger partial charge is 0.268 e. The van der Waals surface area contributed by atoms with E-state index in [1.165, 1.54) is 12.1 Å². The van der Waals surface area contributed by atoms with Crippen molar-refractivity contribution >= 4 is 11.8 Å². The van der Waals surface area contributed by atoms with Crippen LogP contribution >= 0.6 is 0 Å². The van der Waals surface area contributed by atoms with Crippen LogP contribution < -0.4 is 5.32 Å². The largest absolute Gasteiger partial charge is 0.350 e. The van der Waals surface area contributed by atoms with Gasteiger partial charge in [0.15, 0.2) is 0 Å². The van der Waals surface area contributed by atoms with Crippen molar-refractivity contribution < 1.29 is 14.0 Å². The van der Waals surface area contributed by atoms with E-state index in [9.17, 15) is 14.0 Å². The molecule has 0 spiro atoms. The molecule has 3 aromatic rings. The van der Waals surface area contributed by atoms with Crippen LogP contribution in [0.2, 0.25) is 0 Å². The Labute approximate surface area is 174 Å². The highest BCUT2D eigenvalue weighted by Gasteiger charge is 2.39. The number of halogens is 1. The average Bonchev–Trinajstić information content (AvgIpc) is 3.39. The lowest BCUT2D eigenvalue weighted by Crippen LogP contribution is -2.33. The van der Waals surface area contributed by atoms with Gasteiger partial charge < -0.3 is 14.8 Å². The van der Waals surface area contributed by atoms with Gasteiger partial charge >= 0.3 is 0 Å². The molecule has 4 rings (SSSR count). The van der Waals surface area contributed by atoms with Crippen molar-refractivity contribution in [3.63, 3.8) is 0 Å². The molecular weight excluding hydrogens is 385 g/mol. The first-order valence-electron chi connectivity index (χ1n) is 9.81. The molecule has 0 aliphatic carbocycles. The first kappa shape index (κ1) is 19.9. The number of amides is 2. The quantitative estimate of drug-likeness (QED) is 0.704. The second-order valence-corrected chi connectivity index (χ2v) is 7.78. The maximum Gasteiger partial charge on any atom is 0.268 e. The third-order valence-electron chi connectivity index (χ3n) is 5.74. The number of hydrogen-bond donors (Lipinski definition) is 1.